The molecular weight excluding hydrogens is 264 g/mol. The summed E-state index contributed by atoms with van der Waals surface area (Å²) in [5.41, 5.74) is -0.247. The lowest BCUT2D eigenvalue weighted by Crippen LogP contribution is -2.47. The maximum absolute atomic E-state index is 12.0. The van der Waals surface area contributed by atoms with Crippen LogP contribution < -0.4 is 9.44 Å². The molecule has 2 rings (SSSR count). The Morgan fingerprint density at radius 2 is 1.68 bits per heavy atom. The first kappa shape index (κ1) is 15.2. The van der Waals surface area contributed by atoms with E-state index in [0.29, 0.717) is 6.54 Å². The Hall–Kier alpha value is -0.170. The monoisotopic (exact) mass is 290 g/mol. The SMILES string of the molecule is O=S(=O)(NCC1(CO)CCCCC1)NC1CCCC1. The highest BCUT2D eigenvalue weighted by atomic mass is 32.2. The third-order valence-electron chi connectivity index (χ3n) is 4.56. The van der Waals surface area contributed by atoms with Gasteiger partial charge in [-0.1, -0.05) is 32.1 Å². The second-order valence-electron chi connectivity index (χ2n) is 6.14. The van der Waals surface area contributed by atoms with Crippen molar-refractivity contribution in [3.8, 4) is 0 Å². The number of aliphatic hydroxyl groups is 1. The minimum Gasteiger partial charge on any atom is -0.396 e. The number of aliphatic hydroxyl groups excluding tert-OH is 1. The maximum atomic E-state index is 12.0. The Morgan fingerprint density at radius 3 is 2.26 bits per heavy atom. The lowest BCUT2D eigenvalue weighted by molar-refractivity contribution is 0.0866. The molecule has 0 aliphatic heterocycles. The zero-order valence-electron chi connectivity index (χ0n) is 11.5. The molecule has 0 saturated heterocycles. The zero-order valence-corrected chi connectivity index (χ0v) is 12.3. The van der Waals surface area contributed by atoms with Crippen LogP contribution >= 0.6 is 0 Å². The quantitative estimate of drug-likeness (QED) is 0.690. The molecule has 2 fully saturated rings. The van der Waals surface area contributed by atoms with E-state index in [0.717, 1.165) is 51.4 Å². The van der Waals surface area contributed by atoms with Crippen molar-refractivity contribution in [3.05, 3.63) is 0 Å². The summed E-state index contributed by atoms with van der Waals surface area (Å²) in [6.45, 7) is 0.421. The van der Waals surface area contributed by atoms with Crippen molar-refractivity contribution in [2.75, 3.05) is 13.2 Å². The minimum absolute atomic E-state index is 0.0684. The van der Waals surface area contributed by atoms with Crippen LogP contribution in [0.4, 0.5) is 0 Å². The van der Waals surface area contributed by atoms with Crippen molar-refractivity contribution in [2.45, 2.75) is 63.8 Å². The van der Waals surface area contributed by atoms with E-state index >= 15 is 0 Å². The summed E-state index contributed by atoms with van der Waals surface area (Å²) in [4.78, 5) is 0. The number of rotatable bonds is 6. The highest BCUT2D eigenvalue weighted by molar-refractivity contribution is 7.87. The molecule has 2 aliphatic carbocycles. The van der Waals surface area contributed by atoms with E-state index in [1.165, 1.54) is 6.42 Å². The van der Waals surface area contributed by atoms with Crippen LogP contribution in [0.1, 0.15) is 57.8 Å². The van der Waals surface area contributed by atoms with Crippen LogP contribution in [-0.2, 0) is 10.2 Å². The molecule has 112 valence electrons. The summed E-state index contributed by atoms with van der Waals surface area (Å²) < 4.78 is 29.3. The van der Waals surface area contributed by atoms with Gasteiger partial charge in [0.05, 0.1) is 0 Å². The van der Waals surface area contributed by atoms with E-state index in [1.807, 2.05) is 0 Å². The third kappa shape index (κ3) is 4.41. The van der Waals surface area contributed by atoms with Gasteiger partial charge in [-0.25, -0.2) is 4.72 Å². The number of nitrogens with one attached hydrogen (secondary N) is 2. The van der Waals surface area contributed by atoms with Gasteiger partial charge in [-0.05, 0) is 25.7 Å². The van der Waals surface area contributed by atoms with Gasteiger partial charge in [0.25, 0.3) is 10.2 Å². The highest BCUT2D eigenvalue weighted by Crippen LogP contribution is 2.35. The molecule has 6 heteroatoms. The van der Waals surface area contributed by atoms with Crippen molar-refractivity contribution in [1.82, 2.24) is 9.44 Å². The summed E-state index contributed by atoms with van der Waals surface area (Å²) in [5.74, 6) is 0. The van der Waals surface area contributed by atoms with Gasteiger partial charge in [-0.3, -0.25) is 0 Å². The third-order valence-corrected chi connectivity index (χ3v) is 5.73. The first-order valence-electron chi connectivity index (χ1n) is 7.43. The van der Waals surface area contributed by atoms with Gasteiger partial charge in [0.2, 0.25) is 0 Å². The molecule has 2 saturated carbocycles. The first-order chi connectivity index (χ1) is 9.05. The largest absolute Gasteiger partial charge is 0.396 e. The molecule has 2 aliphatic rings. The fraction of sp³-hybridized carbons (Fsp3) is 1.00. The second-order valence-corrected chi connectivity index (χ2v) is 7.67. The van der Waals surface area contributed by atoms with Crippen molar-refractivity contribution in [2.24, 2.45) is 5.41 Å². The van der Waals surface area contributed by atoms with Gasteiger partial charge >= 0.3 is 0 Å². The predicted molar refractivity (Wildman–Crippen MR) is 74.9 cm³/mol. The van der Waals surface area contributed by atoms with E-state index in [9.17, 15) is 13.5 Å². The van der Waals surface area contributed by atoms with Crippen LogP contribution in [0, 0.1) is 5.41 Å². The van der Waals surface area contributed by atoms with E-state index in [-0.39, 0.29) is 18.1 Å². The van der Waals surface area contributed by atoms with Crippen molar-refractivity contribution in [3.63, 3.8) is 0 Å². The molecule has 0 spiro atoms. The fourth-order valence-electron chi connectivity index (χ4n) is 3.25. The molecule has 0 radical (unpaired) electrons. The number of hydrogen-bond donors (Lipinski definition) is 3. The molecule has 0 heterocycles. The topological polar surface area (TPSA) is 78.4 Å². The lowest BCUT2D eigenvalue weighted by atomic mass is 9.75. The van der Waals surface area contributed by atoms with E-state index < -0.39 is 10.2 Å². The summed E-state index contributed by atoms with van der Waals surface area (Å²) in [6.07, 6.45) is 9.26. The van der Waals surface area contributed by atoms with Gasteiger partial charge in [0.1, 0.15) is 0 Å². The first-order valence-corrected chi connectivity index (χ1v) is 8.91. The Kier molecular flexibility index (Phi) is 5.22. The summed E-state index contributed by atoms with van der Waals surface area (Å²) in [5, 5.41) is 9.57. The molecule has 0 unspecified atom stereocenters. The van der Waals surface area contributed by atoms with Crippen molar-refractivity contribution in [1.29, 1.82) is 0 Å². The molecule has 5 nitrogen and oxygen atoms in total. The van der Waals surface area contributed by atoms with Crippen LogP contribution in [0.2, 0.25) is 0 Å². The molecule has 0 aromatic carbocycles. The van der Waals surface area contributed by atoms with E-state index in [4.69, 9.17) is 0 Å². The summed E-state index contributed by atoms with van der Waals surface area (Å²) in [7, 11) is -3.42. The molecule has 19 heavy (non-hydrogen) atoms. The fourth-order valence-corrected chi connectivity index (χ4v) is 4.50. The van der Waals surface area contributed by atoms with E-state index in [1.54, 1.807) is 0 Å². The molecule has 0 amide bonds. The van der Waals surface area contributed by atoms with Gasteiger partial charge in [0, 0.05) is 24.6 Å². The predicted octanol–water partition coefficient (Wildman–Crippen LogP) is 1.30. The van der Waals surface area contributed by atoms with Gasteiger partial charge in [0.15, 0.2) is 0 Å². The zero-order chi connectivity index (χ0) is 13.8. The van der Waals surface area contributed by atoms with Crippen LogP contribution in [0.25, 0.3) is 0 Å². The Bertz CT molecular complexity index is 371. The Balaban J connectivity index is 1.85. The van der Waals surface area contributed by atoms with Gasteiger partial charge in [-0.2, -0.15) is 13.1 Å². The Labute approximate surface area is 116 Å². The average Bonchev–Trinajstić information content (AvgIpc) is 2.90. The number of hydrogen-bond acceptors (Lipinski definition) is 3. The molecular formula is C13H26N2O3S. The van der Waals surface area contributed by atoms with Crippen molar-refractivity contribution < 1.29 is 13.5 Å². The lowest BCUT2D eigenvalue weighted by Gasteiger charge is -2.35. The smallest absolute Gasteiger partial charge is 0.277 e. The molecule has 0 bridgehead atoms. The normalized spacial score (nSPS) is 24.7. The molecule has 0 aromatic heterocycles. The van der Waals surface area contributed by atoms with E-state index in [2.05, 4.69) is 9.44 Å². The second kappa shape index (κ2) is 6.52. The van der Waals surface area contributed by atoms with Crippen molar-refractivity contribution >= 4 is 10.2 Å². The van der Waals surface area contributed by atoms with Crippen LogP contribution in [0.5, 0.6) is 0 Å². The average molecular weight is 290 g/mol. The minimum atomic E-state index is -3.42. The van der Waals surface area contributed by atoms with Gasteiger partial charge < -0.3 is 5.11 Å². The molecule has 3 N–H and O–H groups in total. The maximum Gasteiger partial charge on any atom is 0.277 e. The van der Waals surface area contributed by atoms with Crippen LogP contribution in [-0.4, -0.2) is 32.7 Å². The summed E-state index contributed by atoms with van der Waals surface area (Å²) in [6, 6.07) is 0.0916. The van der Waals surface area contributed by atoms with Crippen LogP contribution in [0.3, 0.4) is 0 Å². The van der Waals surface area contributed by atoms with Crippen LogP contribution in [0.15, 0.2) is 0 Å². The Morgan fingerprint density at radius 1 is 1.05 bits per heavy atom. The van der Waals surface area contributed by atoms with Gasteiger partial charge in [-0.15, -0.1) is 0 Å². The molecule has 0 aromatic rings. The summed E-state index contributed by atoms with van der Waals surface area (Å²) >= 11 is 0. The highest BCUT2D eigenvalue weighted by Gasteiger charge is 2.33. The molecule has 0 atom stereocenters. The standard InChI is InChI=1S/C13H26N2O3S/c16-11-13(8-4-1-5-9-13)10-14-19(17,18)15-12-6-2-3-7-12/h12,14-16H,1-11H2.